The van der Waals surface area contributed by atoms with E-state index in [1.54, 1.807) is 28.0 Å². The molecule has 4 aromatic rings. The molecule has 7 heteroatoms. The Morgan fingerprint density at radius 1 is 1.21 bits per heavy atom. The number of amides is 1. The van der Waals surface area contributed by atoms with E-state index in [1.807, 2.05) is 33.0 Å². The molecule has 0 atom stereocenters. The van der Waals surface area contributed by atoms with Crippen molar-refractivity contribution in [2.75, 3.05) is 4.90 Å². The molecular weight excluding hydrogens is 370 g/mol. The lowest BCUT2D eigenvalue weighted by Crippen LogP contribution is -2.30. The molecule has 6 nitrogen and oxygen atoms in total. The van der Waals surface area contributed by atoms with Crippen LogP contribution in [-0.4, -0.2) is 25.7 Å². The third-order valence-corrected chi connectivity index (χ3v) is 5.72. The summed E-state index contributed by atoms with van der Waals surface area (Å²) in [6, 6.07) is 9.86. The Morgan fingerprint density at radius 3 is 2.71 bits per heavy atom. The molecule has 0 fully saturated rings. The summed E-state index contributed by atoms with van der Waals surface area (Å²) in [5.74, 6) is -0.166. The molecule has 0 saturated heterocycles. The van der Waals surface area contributed by atoms with E-state index in [4.69, 9.17) is 4.98 Å². The van der Waals surface area contributed by atoms with Crippen LogP contribution in [0, 0.1) is 20.8 Å². The van der Waals surface area contributed by atoms with E-state index >= 15 is 0 Å². The maximum atomic E-state index is 13.3. The molecule has 4 rings (SSSR count). The first-order valence-corrected chi connectivity index (χ1v) is 9.83. The Kier molecular flexibility index (Phi) is 4.68. The molecule has 3 aromatic heterocycles. The predicted molar refractivity (Wildman–Crippen MR) is 112 cm³/mol. The molecule has 142 valence electrons. The summed E-state index contributed by atoms with van der Waals surface area (Å²) in [6.45, 7) is 6.44. The molecule has 1 amide bonds. The fourth-order valence-corrected chi connectivity index (χ4v) is 4.32. The quantitative estimate of drug-likeness (QED) is 0.523. The molecule has 3 heterocycles. The minimum atomic E-state index is -0.166. The van der Waals surface area contributed by atoms with Crippen LogP contribution in [0.25, 0.3) is 10.2 Å². The molecule has 0 unspecified atom stereocenters. The number of carbonyl (C=O) groups is 1. The van der Waals surface area contributed by atoms with Crippen LogP contribution < -0.4 is 4.90 Å². The normalized spacial score (nSPS) is 11.1. The molecule has 28 heavy (non-hydrogen) atoms. The maximum absolute atomic E-state index is 13.3. The highest BCUT2D eigenvalue weighted by Crippen LogP contribution is 2.33. The Balaban J connectivity index is 1.80. The van der Waals surface area contributed by atoms with Crippen LogP contribution in [0.5, 0.6) is 0 Å². The van der Waals surface area contributed by atoms with Gasteiger partial charge in [0.15, 0.2) is 10.8 Å². The van der Waals surface area contributed by atoms with Crippen molar-refractivity contribution in [3.63, 3.8) is 0 Å². The van der Waals surface area contributed by atoms with E-state index < -0.39 is 0 Å². The van der Waals surface area contributed by atoms with Crippen molar-refractivity contribution in [3.05, 3.63) is 70.8 Å². The van der Waals surface area contributed by atoms with Gasteiger partial charge in [0.25, 0.3) is 5.91 Å². The second-order valence-corrected chi connectivity index (χ2v) is 7.98. The van der Waals surface area contributed by atoms with Gasteiger partial charge < -0.3 is 0 Å². The minimum absolute atomic E-state index is 0.166. The molecule has 0 N–H and O–H groups in total. The molecule has 0 aliphatic rings. The summed E-state index contributed by atoms with van der Waals surface area (Å²) in [6.07, 6.45) is 3.49. The number of rotatable bonds is 4. The summed E-state index contributed by atoms with van der Waals surface area (Å²) in [5.41, 5.74) is 5.52. The number of fused-ring (bicyclic) bond motifs is 1. The van der Waals surface area contributed by atoms with Gasteiger partial charge in [0.1, 0.15) is 0 Å². The van der Waals surface area contributed by atoms with Crippen molar-refractivity contribution >= 4 is 32.6 Å². The number of benzene rings is 1. The number of hydrogen-bond donors (Lipinski definition) is 0. The van der Waals surface area contributed by atoms with Crippen molar-refractivity contribution in [1.29, 1.82) is 0 Å². The highest BCUT2D eigenvalue weighted by atomic mass is 32.1. The summed E-state index contributed by atoms with van der Waals surface area (Å²) in [7, 11) is 1.83. The van der Waals surface area contributed by atoms with Gasteiger partial charge in [-0.25, -0.2) is 4.98 Å². The van der Waals surface area contributed by atoms with Gasteiger partial charge in [0.2, 0.25) is 0 Å². The second-order valence-electron chi connectivity index (χ2n) is 6.97. The molecule has 0 saturated carbocycles. The van der Waals surface area contributed by atoms with Gasteiger partial charge >= 0.3 is 0 Å². The number of aryl methyl sites for hydroxylation is 4. The van der Waals surface area contributed by atoms with E-state index in [0.717, 1.165) is 27.0 Å². The Labute approximate surface area is 167 Å². The van der Waals surface area contributed by atoms with Crippen LogP contribution in [-0.2, 0) is 13.6 Å². The molecule has 0 spiro atoms. The zero-order valence-electron chi connectivity index (χ0n) is 16.3. The zero-order valence-corrected chi connectivity index (χ0v) is 17.1. The van der Waals surface area contributed by atoms with Gasteiger partial charge in [-0.1, -0.05) is 23.5 Å². The standard InChI is InChI=1S/C21H21N5OS/c1-13-8-14(2)19-18(9-13)28-21(23-19)26(12-16-6-5-7-22-11-16)20(27)17-10-15(3)25(4)24-17/h5-11H,12H2,1-4H3. The van der Waals surface area contributed by atoms with Crippen molar-refractivity contribution < 1.29 is 4.79 Å². The van der Waals surface area contributed by atoms with Gasteiger partial charge in [-0.3, -0.25) is 19.4 Å². The first kappa shape index (κ1) is 18.3. The fourth-order valence-electron chi connectivity index (χ4n) is 3.18. The van der Waals surface area contributed by atoms with Gasteiger partial charge in [0, 0.05) is 25.1 Å². The smallest absolute Gasteiger partial charge is 0.278 e. The van der Waals surface area contributed by atoms with E-state index in [2.05, 4.69) is 29.1 Å². The van der Waals surface area contributed by atoms with Crippen molar-refractivity contribution in [1.82, 2.24) is 19.7 Å². The van der Waals surface area contributed by atoms with E-state index in [-0.39, 0.29) is 5.91 Å². The SMILES string of the molecule is Cc1cc(C)c2nc(N(Cc3cccnc3)C(=O)c3cc(C)n(C)n3)sc2c1. The molecule has 1 aromatic carbocycles. The van der Waals surface area contributed by atoms with Crippen LogP contribution in [0.1, 0.15) is 32.9 Å². The number of anilines is 1. The first-order valence-electron chi connectivity index (χ1n) is 9.01. The Bertz CT molecular complexity index is 1140. The lowest BCUT2D eigenvalue weighted by atomic mass is 10.1. The predicted octanol–water partition coefficient (Wildman–Crippen LogP) is 4.20. The minimum Gasteiger partial charge on any atom is -0.278 e. The van der Waals surface area contributed by atoms with Gasteiger partial charge in [0.05, 0.1) is 16.8 Å². The van der Waals surface area contributed by atoms with Crippen molar-refractivity contribution in [3.8, 4) is 0 Å². The highest BCUT2D eigenvalue weighted by Gasteiger charge is 2.24. The fraction of sp³-hybridized carbons (Fsp3) is 0.238. The summed E-state index contributed by atoms with van der Waals surface area (Å²) < 4.78 is 2.79. The van der Waals surface area contributed by atoms with Gasteiger partial charge in [-0.15, -0.1) is 0 Å². The average Bonchev–Trinajstić information content (AvgIpc) is 3.23. The third-order valence-electron chi connectivity index (χ3n) is 4.69. The van der Waals surface area contributed by atoms with Crippen LogP contribution >= 0.6 is 11.3 Å². The van der Waals surface area contributed by atoms with E-state index in [0.29, 0.717) is 17.4 Å². The number of pyridine rings is 1. The lowest BCUT2D eigenvalue weighted by molar-refractivity contribution is 0.0979. The number of carbonyl (C=O) groups excluding carboxylic acids is 1. The highest BCUT2D eigenvalue weighted by molar-refractivity contribution is 7.22. The largest absolute Gasteiger partial charge is 0.280 e. The Hall–Kier alpha value is -3.06. The molecule has 0 bridgehead atoms. The molecule has 0 aliphatic carbocycles. The maximum Gasteiger partial charge on any atom is 0.280 e. The van der Waals surface area contributed by atoms with Gasteiger partial charge in [-0.2, -0.15) is 5.10 Å². The summed E-state index contributed by atoms with van der Waals surface area (Å²) >= 11 is 1.53. The number of thiazole rings is 1. The molecule has 0 radical (unpaired) electrons. The zero-order chi connectivity index (χ0) is 19.8. The average molecular weight is 392 g/mol. The third kappa shape index (κ3) is 3.41. The van der Waals surface area contributed by atoms with E-state index in [1.165, 1.54) is 16.9 Å². The van der Waals surface area contributed by atoms with Crippen LogP contribution in [0.3, 0.4) is 0 Å². The number of aromatic nitrogens is 4. The number of hydrogen-bond acceptors (Lipinski definition) is 5. The van der Waals surface area contributed by atoms with Crippen LogP contribution in [0.15, 0.2) is 42.7 Å². The second kappa shape index (κ2) is 7.16. The van der Waals surface area contributed by atoms with E-state index in [9.17, 15) is 4.79 Å². The van der Waals surface area contributed by atoms with Crippen LogP contribution in [0.2, 0.25) is 0 Å². The molecule has 0 aliphatic heterocycles. The van der Waals surface area contributed by atoms with Gasteiger partial charge in [-0.05, 0) is 55.7 Å². The summed E-state index contributed by atoms with van der Waals surface area (Å²) in [5, 5.41) is 5.04. The monoisotopic (exact) mass is 391 g/mol. The van der Waals surface area contributed by atoms with Crippen molar-refractivity contribution in [2.45, 2.75) is 27.3 Å². The lowest BCUT2D eigenvalue weighted by Gasteiger charge is -2.18. The Morgan fingerprint density at radius 2 is 2.04 bits per heavy atom. The number of nitrogens with zero attached hydrogens (tertiary/aromatic N) is 5. The summed E-state index contributed by atoms with van der Waals surface area (Å²) in [4.78, 5) is 24.0. The van der Waals surface area contributed by atoms with Crippen LogP contribution in [0.4, 0.5) is 5.13 Å². The first-order chi connectivity index (χ1) is 13.4. The topological polar surface area (TPSA) is 63.9 Å². The molecular formula is C21H21N5OS. The van der Waals surface area contributed by atoms with Crippen molar-refractivity contribution in [2.24, 2.45) is 7.05 Å².